The molecule has 114 valence electrons. The molecule has 2 aromatic rings. The first kappa shape index (κ1) is 14.5. The molecule has 0 bridgehead atoms. The molecule has 3 rings (SSSR count). The second-order valence-corrected chi connectivity index (χ2v) is 7.71. The van der Waals surface area contributed by atoms with Gasteiger partial charge in [-0.05, 0) is 33.2 Å². The number of aromatic nitrogens is 3. The molecular weight excluding hydrogens is 310 g/mol. The first-order valence-electron chi connectivity index (χ1n) is 6.71. The Kier molecular flexibility index (Phi) is 3.72. The van der Waals surface area contributed by atoms with Crippen LogP contribution in [0.1, 0.15) is 28.4 Å². The van der Waals surface area contributed by atoms with Crippen LogP contribution in [0.5, 0.6) is 0 Å². The van der Waals surface area contributed by atoms with Crippen LogP contribution in [-0.2, 0) is 29.4 Å². The zero-order chi connectivity index (χ0) is 15.0. The number of nitrogens with zero attached hydrogens (tertiary/aromatic N) is 2. The molecule has 3 N–H and O–H groups in total. The smallest absolute Gasteiger partial charge is 0.267 e. The minimum Gasteiger partial charge on any atom is -0.314 e. The van der Waals surface area contributed by atoms with Crippen molar-refractivity contribution in [1.82, 2.24) is 20.5 Å². The fourth-order valence-corrected chi connectivity index (χ4v) is 5.16. The monoisotopic (exact) mass is 327 g/mol. The molecule has 2 heterocycles. The van der Waals surface area contributed by atoms with E-state index in [0.717, 1.165) is 25.0 Å². The number of nitrogens with one attached hydrogen (secondary N) is 3. The van der Waals surface area contributed by atoms with Gasteiger partial charge >= 0.3 is 0 Å². The summed E-state index contributed by atoms with van der Waals surface area (Å²) in [6, 6.07) is 0. The molecule has 0 aromatic carbocycles. The number of hydrogen-bond donors (Lipinski definition) is 3. The molecule has 0 radical (unpaired) electrons. The SMILES string of the molecule is CNCc1n[nH]c(C)c1S(=O)(=O)Nc1nc2c(s1)CCC2. The van der Waals surface area contributed by atoms with Gasteiger partial charge in [-0.15, -0.1) is 11.3 Å². The highest BCUT2D eigenvalue weighted by molar-refractivity contribution is 7.93. The summed E-state index contributed by atoms with van der Waals surface area (Å²) in [5, 5.41) is 10.1. The molecule has 7 nitrogen and oxygen atoms in total. The predicted octanol–water partition coefficient (Wildman–Crippen LogP) is 1.18. The summed E-state index contributed by atoms with van der Waals surface area (Å²) in [5.41, 5.74) is 2.03. The molecule has 0 saturated carbocycles. The molecule has 1 aliphatic carbocycles. The molecule has 0 amide bonds. The molecule has 0 fully saturated rings. The van der Waals surface area contributed by atoms with E-state index >= 15 is 0 Å². The second-order valence-electron chi connectivity index (χ2n) is 5.00. The van der Waals surface area contributed by atoms with Crippen molar-refractivity contribution in [2.45, 2.75) is 37.6 Å². The van der Waals surface area contributed by atoms with Crippen LogP contribution in [0, 0.1) is 6.92 Å². The van der Waals surface area contributed by atoms with Gasteiger partial charge in [-0.2, -0.15) is 5.10 Å². The van der Waals surface area contributed by atoms with Crippen LogP contribution in [0.4, 0.5) is 5.13 Å². The Morgan fingerprint density at radius 3 is 2.90 bits per heavy atom. The maximum absolute atomic E-state index is 12.6. The lowest BCUT2D eigenvalue weighted by molar-refractivity contribution is 0.598. The predicted molar refractivity (Wildman–Crippen MR) is 81.0 cm³/mol. The number of rotatable bonds is 5. The lowest BCUT2D eigenvalue weighted by atomic mass is 10.4. The van der Waals surface area contributed by atoms with Crippen molar-refractivity contribution >= 4 is 26.5 Å². The molecule has 1 aliphatic rings. The van der Waals surface area contributed by atoms with Gasteiger partial charge in [0.05, 0.1) is 17.1 Å². The maximum Gasteiger partial charge on any atom is 0.267 e. The van der Waals surface area contributed by atoms with E-state index in [-0.39, 0.29) is 4.90 Å². The number of hydrogen-bond acceptors (Lipinski definition) is 6. The number of sulfonamides is 1. The summed E-state index contributed by atoms with van der Waals surface area (Å²) in [6.07, 6.45) is 3.03. The minimum atomic E-state index is -3.68. The van der Waals surface area contributed by atoms with Gasteiger partial charge in [-0.3, -0.25) is 9.82 Å². The standard InChI is InChI=1S/C12H17N5O2S2/c1-7-11(9(6-13-2)16-15-7)21(18,19)17-12-14-8-4-3-5-10(8)20-12/h13H,3-6H2,1-2H3,(H,14,17)(H,15,16). The van der Waals surface area contributed by atoms with Crippen molar-refractivity contribution in [2.24, 2.45) is 0 Å². The van der Waals surface area contributed by atoms with Crippen LogP contribution in [0.15, 0.2) is 4.90 Å². The van der Waals surface area contributed by atoms with E-state index in [0.29, 0.717) is 23.1 Å². The Balaban J connectivity index is 1.91. The van der Waals surface area contributed by atoms with E-state index in [1.807, 2.05) is 0 Å². The zero-order valence-electron chi connectivity index (χ0n) is 11.9. The van der Waals surface area contributed by atoms with Crippen molar-refractivity contribution in [3.8, 4) is 0 Å². The Morgan fingerprint density at radius 2 is 2.19 bits per heavy atom. The summed E-state index contributed by atoms with van der Waals surface area (Å²) >= 11 is 1.42. The van der Waals surface area contributed by atoms with E-state index in [1.54, 1.807) is 14.0 Å². The molecule has 0 unspecified atom stereocenters. The zero-order valence-corrected chi connectivity index (χ0v) is 13.5. The molecule has 0 aliphatic heterocycles. The van der Waals surface area contributed by atoms with Crippen LogP contribution in [0.25, 0.3) is 0 Å². The molecule has 0 saturated heterocycles. The van der Waals surface area contributed by atoms with Crippen molar-refractivity contribution in [2.75, 3.05) is 11.8 Å². The molecule has 9 heteroatoms. The van der Waals surface area contributed by atoms with E-state index in [2.05, 4.69) is 25.2 Å². The van der Waals surface area contributed by atoms with Gasteiger partial charge in [0.1, 0.15) is 4.90 Å². The summed E-state index contributed by atoms with van der Waals surface area (Å²) in [4.78, 5) is 5.76. The quantitative estimate of drug-likeness (QED) is 0.766. The molecule has 0 atom stereocenters. The number of aromatic amines is 1. The summed E-state index contributed by atoms with van der Waals surface area (Å²) in [6.45, 7) is 2.08. The first-order chi connectivity index (χ1) is 10.0. The average Bonchev–Trinajstić information content (AvgIpc) is 3.04. The Morgan fingerprint density at radius 1 is 1.38 bits per heavy atom. The lowest BCUT2D eigenvalue weighted by Crippen LogP contribution is -2.17. The van der Waals surface area contributed by atoms with Crippen molar-refractivity contribution < 1.29 is 8.42 Å². The van der Waals surface area contributed by atoms with Crippen molar-refractivity contribution in [3.05, 3.63) is 22.0 Å². The maximum atomic E-state index is 12.6. The number of thiazole rings is 1. The van der Waals surface area contributed by atoms with Gasteiger partial charge in [-0.1, -0.05) is 0 Å². The Bertz CT molecular complexity index is 741. The third-order valence-corrected chi connectivity index (χ3v) is 6.13. The fourth-order valence-electron chi connectivity index (χ4n) is 2.51. The molecule has 21 heavy (non-hydrogen) atoms. The summed E-state index contributed by atoms with van der Waals surface area (Å²) < 4.78 is 27.7. The van der Waals surface area contributed by atoms with Gasteiger partial charge in [0.15, 0.2) is 5.13 Å². The fraction of sp³-hybridized carbons (Fsp3) is 0.500. The second kappa shape index (κ2) is 5.39. The third kappa shape index (κ3) is 2.68. The van der Waals surface area contributed by atoms with Crippen LogP contribution in [0.2, 0.25) is 0 Å². The minimum absolute atomic E-state index is 0.201. The number of fused-ring (bicyclic) bond motifs is 1. The normalized spacial score (nSPS) is 14.4. The van der Waals surface area contributed by atoms with Gasteiger partial charge in [0.2, 0.25) is 0 Å². The highest BCUT2D eigenvalue weighted by atomic mass is 32.2. The first-order valence-corrected chi connectivity index (χ1v) is 9.01. The van der Waals surface area contributed by atoms with E-state index < -0.39 is 10.0 Å². The summed E-state index contributed by atoms with van der Waals surface area (Å²) in [7, 11) is -1.93. The van der Waals surface area contributed by atoms with Crippen LogP contribution < -0.4 is 10.0 Å². The lowest BCUT2D eigenvalue weighted by Gasteiger charge is -2.06. The van der Waals surface area contributed by atoms with Gasteiger partial charge < -0.3 is 5.32 Å². The van der Waals surface area contributed by atoms with Gasteiger partial charge in [0.25, 0.3) is 10.0 Å². The van der Waals surface area contributed by atoms with Crippen LogP contribution in [-0.4, -0.2) is 30.6 Å². The average molecular weight is 327 g/mol. The molecule has 0 spiro atoms. The van der Waals surface area contributed by atoms with Gasteiger partial charge in [-0.25, -0.2) is 13.4 Å². The van der Waals surface area contributed by atoms with Gasteiger partial charge in [0, 0.05) is 11.4 Å². The largest absolute Gasteiger partial charge is 0.314 e. The molecule has 2 aromatic heterocycles. The number of aryl methyl sites for hydroxylation is 3. The van der Waals surface area contributed by atoms with Crippen LogP contribution in [0.3, 0.4) is 0 Å². The molecular formula is C12H17N5O2S2. The highest BCUT2D eigenvalue weighted by Gasteiger charge is 2.26. The van der Waals surface area contributed by atoms with E-state index in [4.69, 9.17) is 0 Å². The van der Waals surface area contributed by atoms with E-state index in [9.17, 15) is 8.42 Å². The topological polar surface area (TPSA) is 99.8 Å². The Hall–Kier alpha value is -1.45. The van der Waals surface area contributed by atoms with Crippen LogP contribution >= 0.6 is 11.3 Å². The third-order valence-electron chi connectivity index (χ3n) is 3.39. The Labute approximate surface area is 127 Å². The highest BCUT2D eigenvalue weighted by Crippen LogP contribution is 2.32. The number of anilines is 1. The number of H-pyrrole nitrogens is 1. The summed E-state index contributed by atoms with van der Waals surface area (Å²) in [5.74, 6) is 0. The van der Waals surface area contributed by atoms with Crippen molar-refractivity contribution in [1.29, 1.82) is 0 Å². The van der Waals surface area contributed by atoms with Crippen molar-refractivity contribution in [3.63, 3.8) is 0 Å². The van der Waals surface area contributed by atoms with E-state index in [1.165, 1.54) is 16.2 Å².